The molecule has 0 aliphatic carbocycles. The van der Waals surface area contributed by atoms with Crippen LogP contribution in [0.3, 0.4) is 0 Å². The van der Waals surface area contributed by atoms with E-state index in [1.54, 1.807) is 19.2 Å². The van der Waals surface area contributed by atoms with Gasteiger partial charge in [0.1, 0.15) is 5.75 Å². The number of rotatable bonds is 5. The van der Waals surface area contributed by atoms with Crippen molar-refractivity contribution < 1.29 is 13.5 Å². The van der Waals surface area contributed by atoms with E-state index in [1.165, 1.54) is 6.07 Å². The summed E-state index contributed by atoms with van der Waals surface area (Å²) in [5.41, 5.74) is 7.10. The van der Waals surface area contributed by atoms with Gasteiger partial charge in [0.15, 0.2) is 0 Å². The molecule has 0 atom stereocenters. The van der Waals surface area contributed by atoms with Gasteiger partial charge in [0.05, 0.1) is 7.11 Å². The number of hydrogen-bond donors (Lipinski definition) is 2. The van der Waals surface area contributed by atoms with Crippen LogP contribution in [-0.2, 0) is 6.54 Å². The van der Waals surface area contributed by atoms with Crippen molar-refractivity contribution >= 4 is 11.4 Å². The Morgan fingerprint density at radius 3 is 2.70 bits per heavy atom. The average Bonchev–Trinajstić information content (AvgIpc) is 2.46. The van der Waals surface area contributed by atoms with Crippen LogP contribution in [0.15, 0.2) is 42.5 Å². The number of alkyl halides is 2. The molecule has 0 bridgehead atoms. The molecule has 0 radical (unpaired) electrons. The van der Waals surface area contributed by atoms with Crippen LogP contribution in [-0.4, -0.2) is 7.11 Å². The largest absolute Gasteiger partial charge is 0.497 e. The van der Waals surface area contributed by atoms with Crippen LogP contribution in [0.1, 0.15) is 17.6 Å². The van der Waals surface area contributed by atoms with E-state index in [4.69, 9.17) is 10.5 Å². The molecule has 0 aromatic heterocycles. The molecule has 0 spiro atoms. The van der Waals surface area contributed by atoms with Gasteiger partial charge in [-0.2, -0.15) is 0 Å². The van der Waals surface area contributed by atoms with Crippen LogP contribution < -0.4 is 15.8 Å². The number of nitrogen functional groups attached to an aromatic ring is 1. The highest BCUT2D eigenvalue weighted by Gasteiger charge is 2.13. The number of anilines is 2. The molecule has 0 amide bonds. The Kier molecular flexibility index (Phi) is 4.40. The lowest BCUT2D eigenvalue weighted by Crippen LogP contribution is -2.03. The van der Waals surface area contributed by atoms with Crippen LogP contribution in [0.25, 0.3) is 0 Å². The molecule has 106 valence electrons. The first-order valence-corrected chi connectivity index (χ1v) is 6.14. The van der Waals surface area contributed by atoms with Crippen LogP contribution in [0, 0.1) is 0 Å². The first kappa shape index (κ1) is 14.1. The van der Waals surface area contributed by atoms with E-state index in [1.807, 2.05) is 24.3 Å². The minimum Gasteiger partial charge on any atom is -0.497 e. The van der Waals surface area contributed by atoms with Gasteiger partial charge in [-0.15, -0.1) is 0 Å². The third kappa shape index (κ3) is 3.38. The highest BCUT2D eigenvalue weighted by Crippen LogP contribution is 2.29. The van der Waals surface area contributed by atoms with Crippen LogP contribution in [0.4, 0.5) is 20.2 Å². The molecule has 3 nitrogen and oxygen atoms in total. The molecule has 0 unspecified atom stereocenters. The summed E-state index contributed by atoms with van der Waals surface area (Å²) < 4.78 is 31.0. The molecule has 0 fully saturated rings. The summed E-state index contributed by atoms with van der Waals surface area (Å²) in [7, 11) is 1.58. The quantitative estimate of drug-likeness (QED) is 0.817. The van der Waals surface area contributed by atoms with Crippen molar-refractivity contribution in [1.29, 1.82) is 0 Å². The minimum atomic E-state index is -2.56. The minimum absolute atomic E-state index is 0.0899. The van der Waals surface area contributed by atoms with E-state index in [0.29, 0.717) is 17.9 Å². The summed E-state index contributed by atoms with van der Waals surface area (Å²) in [6, 6.07) is 11.9. The number of halogens is 2. The maximum absolute atomic E-state index is 12.9. The number of nitrogens with one attached hydrogen (secondary N) is 1. The van der Waals surface area contributed by atoms with Crippen LogP contribution >= 0.6 is 0 Å². The molecule has 0 saturated carbocycles. The molecular weight excluding hydrogens is 262 g/mol. The zero-order chi connectivity index (χ0) is 14.5. The van der Waals surface area contributed by atoms with Gasteiger partial charge < -0.3 is 15.8 Å². The van der Waals surface area contributed by atoms with E-state index in [9.17, 15) is 8.78 Å². The normalized spacial score (nSPS) is 10.6. The van der Waals surface area contributed by atoms with Gasteiger partial charge in [0.2, 0.25) is 0 Å². The van der Waals surface area contributed by atoms with Gasteiger partial charge >= 0.3 is 0 Å². The van der Waals surface area contributed by atoms with Gasteiger partial charge in [0, 0.05) is 23.5 Å². The number of ether oxygens (including phenoxy) is 1. The summed E-state index contributed by atoms with van der Waals surface area (Å²) in [6.07, 6.45) is -2.56. The number of benzene rings is 2. The Morgan fingerprint density at radius 1 is 1.20 bits per heavy atom. The Bertz CT molecular complexity index is 588. The predicted octanol–water partition coefficient (Wildman–Crippen LogP) is 3.83. The van der Waals surface area contributed by atoms with Gasteiger partial charge in [-0.3, -0.25) is 0 Å². The standard InChI is InChI=1S/C15H16F2N2O/c1-20-12-4-2-3-10(7-12)9-19-14-6-5-11(18)8-13(14)15(16)17/h2-8,15,19H,9,18H2,1H3. The van der Waals surface area contributed by atoms with Gasteiger partial charge in [-0.25, -0.2) is 8.78 Å². The lowest BCUT2D eigenvalue weighted by Gasteiger charge is -2.13. The molecule has 0 aliphatic rings. The number of nitrogens with two attached hydrogens (primary N) is 1. The van der Waals surface area contributed by atoms with Crippen molar-refractivity contribution in [3.8, 4) is 5.75 Å². The highest BCUT2D eigenvalue weighted by atomic mass is 19.3. The third-order valence-electron chi connectivity index (χ3n) is 2.93. The number of hydrogen-bond acceptors (Lipinski definition) is 3. The Morgan fingerprint density at radius 2 is 2.00 bits per heavy atom. The Labute approximate surface area is 116 Å². The summed E-state index contributed by atoms with van der Waals surface area (Å²) in [5.74, 6) is 0.732. The monoisotopic (exact) mass is 278 g/mol. The molecular formula is C15H16F2N2O. The molecule has 2 aromatic carbocycles. The van der Waals surface area contributed by atoms with Crippen LogP contribution in [0.5, 0.6) is 5.75 Å². The maximum atomic E-state index is 12.9. The van der Waals surface area contributed by atoms with Gasteiger partial charge in [-0.1, -0.05) is 12.1 Å². The predicted molar refractivity (Wildman–Crippen MR) is 76.1 cm³/mol. The molecule has 0 heterocycles. The molecule has 5 heteroatoms. The van der Waals surface area contributed by atoms with Crippen molar-refractivity contribution in [2.45, 2.75) is 13.0 Å². The molecule has 3 N–H and O–H groups in total. The topological polar surface area (TPSA) is 47.3 Å². The second-order valence-electron chi connectivity index (χ2n) is 4.35. The summed E-state index contributed by atoms with van der Waals surface area (Å²) in [6.45, 7) is 0.431. The van der Waals surface area contributed by atoms with Crippen molar-refractivity contribution in [2.24, 2.45) is 0 Å². The zero-order valence-electron chi connectivity index (χ0n) is 11.1. The zero-order valence-corrected chi connectivity index (χ0v) is 11.1. The first-order chi connectivity index (χ1) is 9.60. The summed E-state index contributed by atoms with van der Waals surface area (Å²) >= 11 is 0. The van der Waals surface area contributed by atoms with Crippen molar-refractivity contribution in [1.82, 2.24) is 0 Å². The second kappa shape index (κ2) is 6.23. The van der Waals surface area contributed by atoms with Crippen molar-refractivity contribution in [3.63, 3.8) is 0 Å². The van der Waals surface area contributed by atoms with Gasteiger partial charge in [-0.05, 0) is 35.9 Å². The average molecular weight is 278 g/mol. The van der Waals surface area contributed by atoms with Crippen molar-refractivity contribution in [3.05, 3.63) is 53.6 Å². The fourth-order valence-electron chi connectivity index (χ4n) is 1.90. The van der Waals surface area contributed by atoms with E-state index >= 15 is 0 Å². The molecule has 0 saturated heterocycles. The number of methoxy groups -OCH3 is 1. The lowest BCUT2D eigenvalue weighted by molar-refractivity contribution is 0.152. The van der Waals surface area contributed by atoms with E-state index < -0.39 is 6.43 Å². The molecule has 20 heavy (non-hydrogen) atoms. The van der Waals surface area contributed by atoms with E-state index in [-0.39, 0.29) is 5.56 Å². The molecule has 2 rings (SSSR count). The third-order valence-corrected chi connectivity index (χ3v) is 2.93. The fraction of sp³-hybridized carbons (Fsp3) is 0.200. The summed E-state index contributed by atoms with van der Waals surface area (Å²) in [4.78, 5) is 0. The summed E-state index contributed by atoms with van der Waals surface area (Å²) in [5, 5.41) is 3.00. The lowest BCUT2D eigenvalue weighted by atomic mass is 10.1. The van der Waals surface area contributed by atoms with E-state index in [2.05, 4.69) is 5.32 Å². The Hall–Kier alpha value is -2.30. The smallest absolute Gasteiger partial charge is 0.265 e. The molecule has 0 aliphatic heterocycles. The van der Waals surface area contributed by atoms with E-state index in [0.717, 1.165) is 11.3 Å². The molecule has 2 aromatic rings. The van der Waals surface area contributed by atoms with Crippen LogP contribution in [0.2, 0.25) is 0 Å². The van der Waals surface area contributed by atoms with Crippen molar-refractivity contribution in [2.75, 3.05) is 18.2 Å². The first-order valence-electron chi connectivity index (χ1n) is 6.14. The van der Waals surface area contributed by atoms with Gasteiger partial charge in [0.25, 0.3) is 6.43 Å². The second-order valence-corrected chi connectivity index (χ2v) is 4.35. The maximum Gasteiger partial charge on any atom is 0.265 e. The Balaban J connectivity index is 2.14. The fourth-order valence-corrected chi connectivity index (χ4v) is 1.90. The highest BCUT2D eigenvalue weighted by molar-refractivity contribution is 5.58. The SMILES string of the molecule is COc1cccc(CNc2ccc(N)cc2C(F)F)c1.